The first-order chi connectivity index (χ1) is 10.7. The van der Waals surface area contributed by atoms with Crippen molar-refractivity contribution in [2.45, 2.75) is 6.04 Å². The predicted octanol–water partition coefficient (Wildman–Crippen LogP) is 1.24. The van der Waals surface area contributed by atoms with Crippen LogP contribution in [0.25, 0.3) is 10.9 Å². The molecule has 0 saturated carbocycles. The average molecular weight is 298 g/mol. The Morgan fingerprint density at radius 2 is 1.91 bits per heavy atom. The summed E-state index contributed by atoms with van der Waals surface area (Å²) in [5.41, 5.74) is 1.87. The Bertz CT molecular complexity index is 681. The molecule has 1 aromatic heterocycles. The van der Waals surface area contributed by atoms with Gasteiger partial charge in [0.1, 0.15) is 0 Å². The highest BCUT2D eigenvalue weighted by Gasteiger charge is 2.35. The number of nitrogens with zero attached hydrogens (tertiary/aromatic N) is 3. The number of hydrogen-bond acceptors (Lipinski definition) is 3. The van der Waals surface area contributed by atoms with Crippen molar-refractivity contribution < 1.29 is 4.79 Å². The monoisotopic (exact) mass is 298 g/mol. The van der Waals surface area contributed by atoms with Crippen molar-refractivity contribution in [3.63, 3.8) is 0 Å². The smallest absolute Gasteiger partial charge is 0.253 e. The molecule has 2 saturated heterocycles. The first kappa shape index (κ1) is 13.8. The molecule has 2 aromatic rings. The number of aromatic nitrogens is 1. The number of fused-ring (bicyclic) bond motifs is 1. The third kappa shape index (κ3) is 2.40. The summed E-state index contributed by atoms with van der Waals surface area (Å²) in [6.45, 7) is 6.25. The normalized spacial score (nSPS) is 21.2. The summed E-state index contributed by atoms with van der Waals surface area (Å²) in [6.07, 6.45) is 1.91. The quantitative estimate of drug-likeness (QED) is 0.907. The van der Waals surface area contributed by atoms with Crippen LogP contribution in [0.1, 0.15) is 10.4 Å². The Morgan fingerprint density at radius 3 is 2.68 bits per heavy atom. The van der Waals surface area contributed by atoms with Crippen LogP contribution in [-0.2, 0) is 0 Å². The maximum atomic E-state index is 12.6. The fourth-order valence-corrected chi connectivity index (χ4v) is 3.41. The summed E-state index contributed by atoms with van der Waals surface area (Å²) in [7, 11) is 2.17. The number of H-pyrrole nitrogens is 1. The molecule has 22 heavy (non-hydrogen) atoms. The largest absolute Gasteiger partial charge is 0.361 e. The van der Waals surface area contributed by atoms with Gasteiger partial charge in [-0.25, -0.2) is 0 Å². The molecule has 0 spiro atoms. The van der Waals surface area contributed by atoms with E-state index in [-0.39, 0.29) is 5.91 Å². The number of benzene rings is 1. The SMILES string of the molecule is CN1CCN(C2CN(C(=O)c3ccc4[nH]ccc4c3)C2)CC1. The topological polar surface area (TPSA) is 42.6 Å². The standard InChI is InChI=1S/C17H22N4O/c1-19-6-8-20(9-7-19)15-11-21(12-15)17(22)14-2-3-16-13(10-14)4-5-18-16/h2-5,10,15,18H,6-9,11-12H2,1H3. The second kappa shape index (κ2) is 5.41. The Balaban J connectivity index is 1.38. The molecule has 1 aromatic carbocycles. The molecule has 0 unspecified atom stereocenters. The lowest BCUT2D eigenvalue weighted by molar-refractivity contribution is 0.0110. The highest BCUT2D eigenvalue weighted by atomic mass is 16.2. The fourth-order valence-electron chi connectivity index (χ4n) is 3.41. The van der Waals surface area contributed by atoms with Crippen LogP contribution in [0.3, 0.4) is 0 Å². The van der Waals surface area contributed by atoms with E-state index >= 15 is 0 Å². The molecule has 2 fully saturated rings. The van der Waals surface area contributed by atoms with Crippen LogP contribution in [0.15, 0.2) is 30.5 Å². The lowest BCUT2D eigenvalue weighted by atomic mass is 10.0. The van der Waals surface area contributed by atoms with E-state index in [1.807, 2.05) is 35.4 Å². The lowest BCUT2D eigenvalue weighted by Gasteiger charge is -2.47. The van der Waals surface area contributed by atoms with E-state index in [2.05, 4.69) is 21.8 Å². The summed E-state index contributed by atoms with van der Waals surface area (Å²) in [6, 6.07) is 8.45. The molecule has 2 aliphatic heterocycles. The second-order valence-electron chi connectivity index (χ2n) is 6.48. The van der Waals surface area contributed by atoms with Crippen LogP contribution >= 0.6 is 0 Å². The Labute approximate surface area is 130 Å². The molecule has 116 valence electrons. The second-order valence-corrected chi connectivity index (χ2v) is 6.48. The third-order valence-electron chi connectivity index (χ3n) is 5.00. The molecule has 1 N–H and O–H groups in total. The first-order valence-electron chi connectivity index (χ1n) is 8.00. The number of nitrogens with one attached hydrogen (secondary N) is 1. The van der Waals surface area contributed by atoms with E-state index in [1.54, 1.807) is 0 Å². The van der Waals surface area contributed by atoms with Crippen molar-refractivity contribution in [2.75, 3.05) is 46.3 Å². The number of likely N-dealkylation sites (N-methyl/N-ethyl adjacent to an activating group) is 1. The zero-order valence-electron chi connectivity index (χ0n) is 13.0. The van der Waals surface area contributed by atoms with Gasteiger partial charge < -0.3 is 14.8 Å². The van der Waals surface area contributed by atoms with Crippen LogP contribution in [0.2, 0.25) is 0 Å². The van der Waals surface area contributed by atoms with Gasteiger partial charge in [-0.2, -0.15) is 0 Å². The number of rotatable bonds is 2. The van der Waals surface area contributed by atoms with Gasteiger partial charge in [-0.1, -0.05) is 0 Å². The average Bonchev–Trinajstić information content (AvgIpc) is 2.95. The van der Waals surface area contributed by atoms with Crippen molar-refractivity contribution in [1.82, 2.24) is 19.7 Å². The van der Waals surface area contributed by atoms with Crippen LogP contribution in [0, 0.1) is 0 Å². The minimum atomic E-state index is 0.161. The van der Waals surface area contributed by atoms with E-state index in [9.17, 15) is 4.79 Å². The van der Waals surface area contributed by atoms with Crippen molar-refractivity contribution in [2.24, 2.45) is 0 Å². The van der Waals surface area contributed by atoms with E-state index in [1.165, 1.54) is 0 Å². The summed E-state index contributed by atoms with van der Waals surface area (Å²) < 4.78 is 0. The number of piperazine rings is 1. The summed E-state index contributed by atoms with van der Waals surface area (Å²) in [5.74, 6) is 0.161. The Hall–Kier alpha value is -1.85. The number of carbonyl (C=O) groups is 1. The van der Waals surface area contributed by atoms with Crippen molar-refractivity contribution in [3.05, 3.63) is 36.0 Å². The van der Waals surface area contributed by atoms with Gasteiger partial charge in [0.15, 0.2) is 0 Å². The molecule has 5 heteroatoms. The predicted molar refractivity (Wildman–Crippen MR) is 87.1 cm³/mol. The van der Waals surface area contributed by atoms with E-state index in [4.69, 9.17) is 0 Å². The van der Waals surface area contributed by atoms with E-state index in [0.717, 1.165) is 55.7 Å². The van der Waals surface area contributed by atoms with Crippen molar-refractivity contribution in [1.29, 1.82) is 0 Å². The van der Waals surface area contributed by atoms with Gasteiger partial charge in [-0.3, -0.25) is 9.69 Å². The van der Waals surface area contributed by atoms with Crippen LogP contribution in [0.5, 0.6) is 0 Å². The van der Waals surface area contributed by atoms with Crippen LogP contribution in [0.4, 0.5) is 0 Å². The van der Waals surface area contributed by atoms with Gasteiger partial charge in [-0.05, 0) is 31.3 Å². The maximum absolute atomic E-state index is 12.6. The molecular weight excluding hydrogens is 276 g/mol. The lowest BCUT2D eigenvalue weighted by Crippen LogP contribution is -2.63. The summed E-state index contributed by atoms with van der Waals surface area (Å²) in [4.78, 5) is 22.6. The zero-order valence-corrected chi connectivity index (χ0v) is 13.0. The van der Waals surface area contributed by atoms with Gasteiger partial charge >= 0.3 is 0 Å². The molecule has 0 bridgehead atoms. The van der Waals surface area contributed by atoms with Crippen LogP contribution in [-0.4, -0.2) is 77.9 Å². The first-order valence-corrected chi connectivity index (χ1v) is 8.00. The minimum Gasteiger partial charge on any atom is -0.361 e. The summed E-state index contributed by atoms with van der Waals surface area (Å²) >= 11 is 0. The van der Waals surface area contributed by atoms with Gasteiger partial charge in [0.2, 0.25) is 0 Å². The number of carbonyl (C=O) groups excluding carboxylic acids is 1. The zero-order chi connectivity index (χ0) is 15.1. The van der Waals surface area contributed by atoms with E-state index < -0.39 is 0 Å². The fraction of sp³-hybridized carbons (Fsp3) is 0.471. The molecular formula is C17H22N4O. The van der Waals surface area contributed by atoms with Crippen LogP contribution < -0.4 is 0 Å². The van der Waals surface area contributed by atoms with Gasteiger partial charge in [0.05, 0.1) is 0 Å². The summed E-state index contributed by atoms with van der Waals surface area (Å²) in [5, 5.41) is 1.10. The molecule has 0 aliphatic carbocycles. The highest BCUT2D eigenvalue weighted by Crippen LogP contribution is 2.21. The van der Waals surface area contributed by atoms with Crippen molar-refractivity contribution >= 4 is 16.8 Å². The molecule has 1 amide bonds. The number of aromatic amines is 1. The Morgan fingerprint density at radius 1 is 1.14 bits per heavy atom. The number of hydrogen-bond donors (Lipinski definition) is 1. The van der Waals surface area contributed by atoms with Gasteiger partial charge in [-0.15, -0.1) is 0 Å². The molecule has 3 heterocycles. The number of likely N-dealkylation sites (tertiary alicyclic amines) is 1. The highest BCUT2D eigenvalue weighted by molar-refractivity contribution is 5.98. The van der Waals surface area contributed by atoms with Gasteiger partial charge in [0.25, 0.3) is 5.91 Å². The Kier molecular flexibility index (Phi) is 3.39. The maximum Gasteiger partial charge on any atom is 0.253 e. The van der Waals surface area contributed by atoms with Gasteiger partial charge in [0, 0.05) is 68.0 Å². The van der Waals surface area contributed by atoms with Crippen molar-refractivity contribution in [3.8, 4) is 0 Å². The molecule has 0 atom stereocenters. The minimum absolute atomic E-state index is 0.161. The molecule has 2 aliphatic rings. The molecule has 4 rings (SSSR count). The number of amides is 1. The third-order valence-corrected chi connectivity index (χ3v) is 5.00. The van der Waals surface area contributed by atoms with E-state index in [0.29, 0.717) is 6.04 Å². The molecule has 0 radical (unpaired) electrons. The molecule has 5 nitrogen and oxygen atoms in total.